The zero-order chi connectivity index (χ0) is 19.7. The van der Waals surface area contributed by atoms with E-state index in [1.54, 1.807) is 42.7 Å². The highest BCUT2D eigenvalue weighted by molar-refractivity contribution is 5.98. The molecule has 6 nitrogen and oxygen atoms in total. The average Bonchev–Trinajstić information content (AvgIpc) is 3.15. The first kappa shape index (κ1) is 17.8. The van der Waals surface area contributed by atoms with E-state index < -0.39 is 0 Å². The molecule has 0 fully saturated rings. The van der Waals surface area contributed by atoms with Gasteiger partial charge in [-0.05, 0) is 43.3 Å². The van der Waals surface area contributed by atoms with Crippen LogP contribution in [0.2, 0.25) is 0 Å². The van der Waals surface area contributed by atoms with Crippen molar-refractivity contribution in [1.82, 2.24) is 25.1 Å². The van der Waals surface area contributed by atoms with Crippen molar-refractivity contribution in [3.05, 3.63) is 77.6 Å². The number of amides is 1. The van der Waals surface area contributed by atoms with Gasteiger partial charge in [0.2, 0.25) is 0 Å². The number of hydrogen-bond acceptors (Lipinski definition) is 4. The van der Waals surface area contributed by atoms with Crippen molar-refractivity contribution >= 4 is 16.8 Å². The lowest BCUT2D eigenvalue weighted by Crippen LogP contribution is -2.27. The van der Waals surface area contributed by atoms with Crippen molar-refractivity contribution in [3.63, 3.8) is 0 Å². The highest BCUT2D eigenvalue weighted by atomic mass is 19.1. The van der Waals surface area contributed by atoms with E-state index in [4.69, 9.17) is 0 Å². The molecular formula is C21H18FN5O. The van der Waals surface area contributed by atoms with Crippen LogP contribution < -0.4 is 0 Å². The second kappa shape index (κ2) is 7.19. The number of aromatic amines is 1. The van der Waals surface area contributed by atoms with Crippen molar-refractivity contribution in [2.45, 2.75) is 13.5 Å². The Kier molecular flexibility index (Phi) is 4.57. The molecule has 1 N–H and O–H groups in total. The number of halogens is 1. The van der Waals surface area contributed by atoms with E-state index in [1.807, 2.05) is 19.1 Å². The smallest absolute Gasteiger partial charge is 0.255 e. The number of nitrogens with zero attached hydrogens (tertiary/aromatic N) is 4. The van der Waals surface area contributed by atoms with E-state index in [0.717, 1.165) is 27.7 Å². The SMILES string of the molecule is Cc1nc2ccncc2cc1C(=O)N(C)Cc1cn[nH]c1-c1ccc(F)cc1. The molecule has 0 radical (unpaired) electrons. The van der Waals surface area contributed by atoms with Gasteiger partial charge in [0.15, 0.2) is 0 Å². The molecule has 0 aliphatic carbocycles. The fourth-order valence-electron chi connectivity index (χ4n) is 3.16. The number of rotatable bonds is 4. The van der Waals surface area contributed by atoms with Crippen molar-refractivity contribution < 1.29 is 9.18 Å². The molecule has 0 unspecified atom stereocenters. The van der Waals surface area contributed by atoms with Crippen molar-refractivity contribution in [3.8, 4) is 11.3 Å². The van der Waals surface area contributed by atoms with Gasteiger partial charge in [-0.1, -0.05) is 0 Å². The van der Waals surface area contributed by atoms with E-state index in [2.05, 4.69) is 20.2 Å². The number of aromatic nitrogens is 4. The molecule has 0 saturated heterocycles. The lowest BCUT2D eigenvalue weighted by molar-refractivity contribution is 0.0784. The van der Waals surface area contributed by atoms with Crippen LogP contribution in [0.15, 0.2) is 55.0 Å². The van der Waals surface area contributed by atoms with E-state index in [0.29, 0.717) is 17.8 Å². The third-order valence-electron chi connectivity index (χ3n) is 4.64. The zero-order valence-electron chi connectivity index (χ0n) is 15.5. The summed E-state index contributed by atoms with van der Waals surface area (Å²) in [5, 5.41) is 7.84. The average molecular weight is 375 g/mol. The number of benzene rings is 1. The van der Waals surface area contributed by atoms with Crippen molar-refractivity contribution in [2.75, 3.05) is 7.05 Å². The highest BCUT2D eigenvalue weighted by Gasteiger charge is 2.18. The maximum atomic E-state index is 13.2. The molecule has 4 rings (SSSR count). The molecule has 28 heavy (non-hydrogen) atoms. The van der Waals surface area contributed by atoms with Crippen LogP contribution in [0, 0.1) is 12.7 Å². The number of fused-ring (bicyclic) bond motifs is 1. The van der Waals surface area contributed by atoms with Crippen molar-refractivity contribution in [2.24, 2.45) is 0 Å². The van der Waals surface area contributed by atoms with Crippen LogP contribution in [0.3, 0.4) is 0 Å². The quantitative estimate of drug-likeness (QED) is 0.590. The number of pyridine rings is 2. The molecule has 0 spiro atoms. The molecule has 1 amide bonds. The van der Waals surface area contributed by atoms with Crippen LogP contribution in [0.5, 0.6) is 0 Å². The summed E-state index contributed by atoms with van der Waals surface area (Å²) >= 11 is 0. The van der Waals surface area contributed by atoms with E-state index >= 15 is 0 Å². The lowest BCUT2D eigenvalue weighted by atomic mass is 10.1. The molecule has 7 heteroatoms. The van der Waals surface area contributed by atoms with Gasteiger partial charge >= 0.3 is 0 Å². The molecule has 0 aliphatic heterocycles. The summed E-state index contributed by atoms with van der Waals surface area (Å²) in [7, 11) is 1.73. The molecule has 0 saturated carbocycles. The summed E-state index contributed by atoms with van der Waals surface area (Å²) in [6, 6.07) is 9.79. The fraction of sp³-hybridized carbons (Fsp3) is 0.143. The van der Waals surface area contributed by atoms with Gasteiger partial charge in [0.05, 0.1) is 28.7 Å². The van der Waals surface area contributed by atoms with E-state index in [9.17, 15) is 9.18 Å². The van der Waals surface area contributed by atoms with E-state index in [1.165, 1.54) is 12.1 Å². The Morgan fingerprint density at radius 1 is 1.18 bits per heavy atom. The Morgan fingerprint density at radius 3 is 2.75 bits per heavy atom. The van der Waals surface area contributed by atoms with Gasteiger partial charge in [0.1, 0.15) is 5.82 Å². The Hall–Kier alpha value is -3.61. The molecule has 140 valence electrons. The van der Waals surface area contributed by atoms with E-state index in [-0.39, 0.29) is 11.7 Å². The number of carbonyl (C=O) groups excluding carboxylic acids is 1. The predicted molar refractivity (Wildman–Crippen MR) is 104 cm³/mol. The van der Waals surface area contributed by atoms with Crippen LogP contribution in [-0.4, -0.2) is 38.0 Å². The molecule has 3 aromatic heterocycles. The Bertz CT molecular complexity index is 1150. The first-order chi connectivity index (χ1) is 13.5. The summed E-state index contributed by atoms with van der Waals surface area (Å²) in [5.41, 5.74) is 4.42. The molecule has 4 aromatic rings. The lowest BCUT2D eigenvalue weighted by Gasteiger charge is -2.18. The van der Waals surface area contributed by atoms with Gasteiger partial charge in [-0.25, -0.2) is 4.39 Å². The third-order valence-corrected chi connectivity index (χ3v) is 4.64. The second-order valence-corrected chi connectivity index (χ2v) is 6.63. The third kappa shape index (κ3) is 3.34. The van der Waals surface area contributed by atoms with Gasteiger partial charge in [0.25, 0.3) is 5.91 Å². The summed E-state index contributed by atoms with van der Waals surface area (Å²) in [6.07, 6.45) is 5.05. The zero-order valence-corrected chi connectivity index (χ0v) is 15.5. The van der Waals surface area contributed by atoms with Crippen LogP contribution in [0.1, 0.15) is 21.6 Å². The van der Waals surface area contributed by atoms with Gasteiger partial charge in [0, 0.05) is 42.5 Å². The molecule has 3 heterocycles. The van der Waals surface area contributed by atoms with Crippen LogP contribution in [0.25, 0.3) is 22.2 Å². The monoisotopic (exact) mass is 375 g/mol. The Labute approximate surface area is 161 Å². The minimum atomic E-state index is -0.300. The summed E-state index contributed by atoms with van der Waals surface area (Å²) in [6.45, 7) is 2.18. The topological polar surface area (TPSA) is 74.8 Å². The van der Waals surface area contributed by atoms with Gasteiger partial charge in [-0.2, -0.15) is 5.10 Å². The number of H-pyrrole nitrogens is 1. The number of hydrogen-bond donors (Lipinski definition) is 1. The first-order valence-corrected chi connectivity index (χ1v) is 8.78. The normalized spacial score (nSPS) is 11.0. The molecule has 0 atom stereocenters. The number of nitrogens with one attached hydrogen (secondary N) is 1. The second-order valence-electron chi connectivity index (χ2n) is 6.63. The fourth-order valence-corrected chi connectivity index (χ4v) is 3.16. The number of aryl methyl sites for hydroxylation is 1. The standard InChI is InChI=1S/C21H18FN5O/c1-13-18(9-15-10-23-8-7-19(15)25-13)21(28)27(2)12-16-11-24-26-20(16)14-3-5-17(22)6-4-14/h3-11H,12H2,1-2H3,(H,24,26). The highest BCUT2D eigenvalue weighted by Crippen LogP contribution is 2.23. The summed E-state index contributed by atoms with van der Waals surface area (Å²) in [4.78, 5) is 23.2. The van der Waals surface area contributed by atoms with Crippen LogP contribution in [-0.2, 0) is 6.54 Å². The molecule has 0 aliphatic rings. The molecular weight excluding hydrogens is 357 g/mol. The van der Waals surface area contributed by atoms with Gasteiger partial charge < -0.3 is 4.90 Å². The molecule has 1 aromatic carbocycles. The maximum absolute atomic E-state index is 13.2. The Balaban J connectivity index is 1.60. The van der Waals surface area contributed by atoms with Gasteiger partial charge in [-0.3, -0.25) is 19.9 Å². The first-order valence-electron chi connectivity index (χ1n) is 8.78. The summed E-state index contributed by atoms with van der Waals surface area (Å²) < 4.78 is 13.2. The van der Waals surface area contributed by atoms with Crippen LogP contribution in [0.4, 0.5) is 4.39 Å². The maximum Gasteiger partial charge on any atom is 0.255 e. The predicted octanol–water partition coefficient (Wildman–Crippen LogP) is 3.74. The minimum absolute atomic E-state index is 0.137. The van der Waals surface area contributed by atoms with Gasteiger partial charge in [-0.15, -0.1) is 0 Å². The largest absolute Gasteiger partial charge is 0.337 e. The van der Waals surface area contributed by atoms with Crippen LogP contribution >= 0.6 is 0 Å². The minimum Gasteiger partial charge on any atom is -0.337 e. The summed E-state index contributed by atoms with van der Waals surface area (Å²) in [5.74, 6) is -0.437. The molecule has 0 bridgehead atoms. The number of carbonyl (C=O) groups is 1. The van der Waals surface area contributed by atoms with Crippen molar-refractivity contribution in [1.29, 1.82) is 0 Å². The Morgan fingerprint density at radius 2 is 1.96 bits per heavy atom.